The summed E-state index contributed by atoms with van der Waals surface area (Å²) >= 11 is 0. The molecule has 126 valence electrons. The minimum atomic E-state index is -0.0382. The highest BCUT2D eigenvalue weighted by Gasteiger charge is 2.21. The molecule has 0 bridgehead atoms. The summed E-state index contributed by atoms with van der Waals surface area (Å²) in [7, 11) is 0. The van der Waals surface area contributed by atoms with Gasteiger partial charge in [0.1, 0.15) is 5.82 Å². The second-order valence-corrected chi connectivity index (χ2v) is 5.84. The zero-order valence-electron chi connectivity index (χ0n) is 13.9. The Morgan fingerprint density at radius 3 is 2.62 bits per heavy atom. The molecule has 1 aliphatic rings. The number of aromatic nitrogens is 3. The molecule has 0 spiro atoms. The van der Waals surface area contributed by atoms with E-state index in [4.69, 9.17) is 0 Å². The number of urea groups is 1. The molecule has 3 heterocycles. The first kappa shape index (κ1) is 16.3. The molecule has 2 aromatic rings. The number of aryl methyl sites for hydroxylation is 1. The van der Waals surface area contributed by atoms with E-state index in [1.54, 1.807) is 6.20 Å². The Labute approximate surface area is 141 Å². The van der Waals surface area contributed by atoms with Crippen molar-refractivity contribution in [3.05, 3.63) is 53.9 Å². The average molecular weight is 326 g/mol. The SMILES string of the molecule is Cc1nccc(CNC(=O)N2CCN(Cc3ccccn3)CC2)n1. The van der Waals surface area contributed by atoms with Gasteiger partial charge in [0.15, 0.2) is 0 Å². The van der Waals surface area contributed by atoms with Gasteiger partial charge in [-0.3, -0.25) is 9.88 Å². The van der Waals surface area contributed by atoms with E-state index in [2.05, 4.69) is 25.2 Å². The fourth-order valence-corrected chi connectivity index (χ4v) is 2.71. The molecule has 1 saturated heterocycles. The zero-order chi connectivity index (χ0) is 16.8. The number of nitrogens with one attached hydrogen (secondary N) is 1. The van der Waals surface area contributed by atoms with Crippen LogP contribution in [0, 0.1) is 6.92 Å². The van der Waals surface area contributed by atoms with Crippen LogP contribution in [0.3, 0.4) is 0 Å². The van der Waals surface area contributed by atoms with E-state index in [0.717, 1.165) is 44.1 Å². The van der Waals surface area contributed by atoms with Gasteiger partial charge in [0.25, 0.3) is 0 Å². The minimum absolute atomic E-state index is 0.0382. The lowest BCUT2D eigenvalue weighted by atomic mass is 10.3. The topological polar surface area (TPSA) is 74.2 Å². The van der Waals surface area contributed by atoms with Gasteiger partial charge in [-0.05, 0) is 25.1 Å². The van der Waals surface area contributed by atoms with Crippen molar-refractivity contribution in [3.8, 4) is 0 Å². The van der Waals surface area contributed by atoms with E-state index < -0.39 is 0 Å². The number of piperazine rings is 1. The Balaban J connectivity index is 1.43. The van der Waals surface area contributed by atoms with Gasteiger partial charge in [-0.15, -0.1) is 0 Å². The normalized spacial score (nSPS) is 15.3. The number of hydrogen-bond acceptors (Lipinski definition) is 5. The number of pyridine rings is 1. The Morgan fingerprint density at radius 1 is 1.08 bits per heavy atom. The predicted molar refractivity (Wildman–Crippen MR) is 90.1 cm³/mol. The summed E-state index contributed by atoms with van der Waals surface area (Å²) in [6, 6.07) is 7.73. The molecule has 0 radical (unpaired) electrons. The Morgan fingerprint density at radius 2 is 1.92 bits per heavy atom. The summed E-state index contributed by atoms with van der Waals surface area (Å²) in [5.41, 5.74) is 1.89. The number of nitrogens with zero attached hydrogens (tertiary/aromatic N) is 5. The summed E-state index contributed by atoms with van der Waals surface area (Å²) in [6.45, 7) is 6.26. The first-order valence-corrected chi connectivity index (χ1v) is 8.14. The van der Waals surface area contributed by atoms with Crippen LogP contribution in [0.25, 0.3) is 0 Å². The van der Waals surface area contributed by atoms with Gasteiger partial charge >= 0.3 is 6.03 Å². The van der Waals surface area contributed by atoms with Crippen molar-refractivity contribution in [2.45, 2.75) is 20.0 Å². The molecule has 2 aromatic heterocycles. The van der Waals surface area contributed by atoms with Crippen molar-refractivity contribution in [3.63, 3.8) is 0 Å². The molecule has 7 nitrogen and oxygen atoms in total. The molecule has 2 amide bonds. The summed E-state index contributed by atoms with van der Waals surface area (Å²) in [6.07, 6.45) is 3.52. The van der Waals surface area contributed by atoms with Crippen LogP contribution in [0.5, 0.6) is 0 Å². The lowest BCUT2D eigenvalue weighted by Gasteiger charge is -2.34. The Hall–Kier alpha value is -2.54. The van der Waals surface area contributed by atoms with Crippen molar-refractivity contribution >= 4 is 6.03 Å². The van der Waals surface area contributed by atoms with Gasteiger partial charge < -0.3 is 10.2 Å². The van der Waals surface area contributed by atoms with Crippen molar-refractivity contribution in [1.29, 1.82) is 0 Å². The molecular weight excluding hydrogens is 304 g/mol. The summed E-state index contributed by atoms with van der Waals surface area (Å²) in [4.78, 5) is 29.1. The van der Waals surface area contributed by atoms with Gasteiger partial charge in [-0.2, -0.15) is 0 Å². The number of amides is 2. The van der Waals surface area contributed by atoms with Crippen LogP contribution in [-0.4, -0.2) is 57.0 Å². The molecule has 0 unspecified atom stereocenters. The highest BCUT2D eigenvalue weighted by atomic mass is 16.2. The third-order valence-corrected chi connectivity index (χ3v) is 4.03. The van der Waals surface area contributed by atoms with Gasteiger partial charge in [-0.1, -0.05) is 6.07 Å². The van der Waals surface area contributed by atoms with Crippen LogP contribution in [0.4, 0.5) is 4.79 Å². The summed E-state index contributed by atoms with van der Waals surface area (Å²) in [5.74, 6) is 0.713. The summed E-state index contributed by atoms with van der Waals surface area (Å²) in [5, 5.41) is 2.93. The number of carbonyl (C=O) groups is 1. The van der Waals surface area contributed by atoms with Gasteiger partial charge in [-0.25, -0.2) is 14.8 Å². The van der Waals surface area contributed by atoms with E-state index in [1.165, 1.54) is 0 Å². The van der Waals surface area contributed by atoms with Crippen LogP contribution in [0.1, 0.15) is 17.2 Å². The molecule has 24 heavy (non-hydrogen) atoms. The Kier molecular flexibility index (Phi) is 5.32. The van der Waals surface area contributed by atoms with Crippen molar-refractivity contribution in [1.82, 2.24) is 30.1 Å². The molecular formula is C17H22N6O. The molecule has 1 N–H and O–H groups in total. The average Bonchev–Trinajstić information content (AvgIpc) is 2.61. The van der Waals surface area contributed by atoms with E-state index in [-0.39, 0.29) is 6.03 Å². The fourth-order valence-electron chi connectivity index (χ4n) is 2.71. The molecule has 3 rings (SSSR count). The zero-order valence-corrected chi connectivity index (χ0v) is 13.9. The molecule has 1 fully saturated rings. The van der Waals surface area contributed by atoms with Gasteiger partial charge in [0.2, 0.25) is 0 Å². The van der Waals surface area contributed by atoms with Crippen LogP contribution < -0.4 is 5.32 Å². The lowest BCUT2D eigenvalue weighted by Crippen LogP contribution is -2.51. The molecule has 7 heteroatoms. The maximum Gasteiger partial charge on any atom is 0.317 e. The number of rotatable bonds is 4. The third-order valence-electron chi connectivity index (χ3n) is 4.03. The minimum Gasteiger partial charge on any atom is -0.332 e. The first-order valence-electron chi connectivity index (χ1n) is 8.14. The van der Waals surface area contributed by atoms with Gasteiger partial charge in [0, 0.05) is 45.1 Å². The van der Waals surface area contributed by atoms with E-state index in [0.29, 0.717) is 12.4 Å². The number of carbonyl (C=O) groups excluding carboxylic acids is 1. The molecule has 0 atom stereocenters. The smallest absolute Gasteiger partial charge is 0.317 e. The molecule has 0 saturated carbocycles. The quantitative estimate of drug-likeness (QED) is 0.914. The fraction of sp³-hybridized carbons (Fsp3) is 0.412. The maximum atomic E-state index is 12.3. The van der Waals surface area contributed by atoms with Crippen molar-refractivity contribution < 1.29 is 4.79 Å². The molecule has 0 aliphatic carbocycles. The highest BCUT2D eigenvalue weighted by molar-refractivity contribution is 5.74. The number of hydrogen-bond donors (Lipinski definition) is 1. The predicted octanol–water partition coefficient (Wildman–Crippen LogP) is 1.21. The second kappa shape index (κ2) is 7.83. The van der Waals surface area contributed by atoms with Crippen molar-refractivity contribution in [2.24, 2.45) is 0 Å². The van der Waals surface area contributed by atoms with Crippen LogP contribution in [0.15, 0.2) is 36.7 Å². The second-order valence-electron chi connectivity index (χ2n) is 5.84. The standard InChI is InChI=1S/C17H22N6O/c1-14-18-7-5-15(21-14)12-20-17(24)23-10-8-22(9-11-23)13-16-4-2-3-6-19-16/h2-7H,8-13H2,1H3,(H,20,24). The first-order chi connectivity index (χ1) is 11.7. The molecule has 0 aromatic carbocycles. The maximum absolute atomic E-state index is 12.3. The monoisotopic (exact) mass is 326 g/mol. The van der Waals surface area contributed by atoms with Crippen molar-refractivity contribution in [2.75, 3.05) is 26.2 Å². The van der Waals surface area contributed by atoms with Crippen LogP contribution >= 0.6 is 0 Å². The molecule has 1 aliphatic heterocycles. The third kappa shape index (κ3) is 4.48. The van der Waals surface area contributed by atoms with Crippen LogP contribution in [-0.2, 0) is 13.1 Å². The van der Waals surface area contributed by atoms with Crippen LogP contribution in [0.2, 0.25) is 0 Å². The van der Waals surface area contributed by atoms with E-state index in [9.17, 15) is 4.79 Å². The van der Waals surface area contributed by atoms with E-state index in [1.807, 2.05) is 42.3 Å². The lowest BCUT2D eigenvalue weighted by molar-refractivity contribution is 0.134. The van der Waals surface area contributed by atoms with Gasteiger partial charge in [0.05, 0.1) is 17.9 Å². The largest absolute Gasteiger partial charge is 0.332 e. The Bertz CT molecular complexity index is 670. The van der Waals surface area contributed by atoms with E-state index >= 15 is 0 Å². The summed E-state index contributed by atoms with van der Waals surface area (Å²) < 4.78 is 0. The highest BCUT2D eigenvalue weighted by Crippen LogP contribution is 2.07.